The molecule has 0 saturated heterocycles. The molecule has 2 aromatic heterocycles. The Balaban J connectivity index is 1.85. The molecule has 0 aromatic carbocycles. The van der Waals surface area contributed by atoms with E-state index in [2.05, 4.69) is 36.1 Å². The number of carbonyl (C=O) groups is 1. The van der Waals surface area contributed by atoms with Gasteiger partial charge in [0.25, 0.3) is 5.91 Å². The number of hydrogen-bond donors (Lipinski definition) is 0. The van der Waals surface area contributed by atoms with Gasteiger partial charge in [-0.1, -0.05) is 0 Å². The minimum atomic E-state index is -4.58. The summed E-state index contributed by atoms with van der Waals surface area (Å²) in [7, 11) is 1.39. The van der Waals surface area contributed by atoms with Crippen molar-refractivity contribution in [3.63, 3.8) is 0 Å². The molecule has 0 spiro atoms. The molecule has 10 heteroatoms. The molecule has 24 heavy (non-hydrogen) atoms. The van der Waals surface area contributed by atoms with Crippen LogP contribution in [0.25, 0.3) is 0 Å². The van der Waals surface area contributed by atoms with Gasteiger partial charge in [0, 0.05) is 19.2 Å². The molecule has 2 aromatic rings. The van der Waals surface area contributed by atoms with Gasteiger partial charge in [0.2, 0.25) is 0 Å². The number of hydrogen-bond acceptors (Lipinski definition) is 5. The van der Waals surface area contributed by atoms with Crippen LogP contribution in [0.2, 0.25) is 0 Å². The van der Waals surface area contributed by atoms with E-state index >= 15 is 0 Å². The van der Waals surface area contributed by atoms with Gasteiger partial charge in [-0.15, -0.1) is 10.2 Å². The largest absolute Gasteiger partial charge is 0.435 e. The number of aromatic nitrogens is 4. The van der Waals surface area contributed by atoms with Crippen molar-refractivity contribution in [2.75, 3.05) is 11.9 Å². The monoisotopic (exact) mass is 401 g/mol. The lowest BCUT2D eigenvalue weighted by molar-refractivity contribution is -0.141. The lowest BCUT2D eigenvalue weighted by atomic mass is 10.3. The van der Waals surface area contributed by atoms with Gasteiger partial charge in [-0.3, -0.25) is 9.69 Å². The number of nitrogens with zero attached hydrogens (tertiary/aromatic N) is 5. The van der Waals surface area contributed by atoms with Gasteiger partial charge in [0.15, 0.2) is 11.5 Å². The molecular weight excluding hydrogens is 391 g/mol. The SMILES string of the molecule is CN(C(=O)c1nc(C2CC2)ncc1Br)c1ccc(C(F)(F)F)nn1. The summed E-state index contributed by atoms with van der Waals surface area (Å²) < 4.78 is 38.0. The smallest absolute Gasteiger partial charge is 0.293 e. The highest BCUT2D eigenvalue weighted by atomic mass is 79.9. The zero-order chi connectivity index (χ0) is 17.5. The number of anilines is 1. The van der Waals surface area contributed by atoms with E-state index in [1.165, 1.54) is 13.2 Å². The van der Waals surface area contributed by atoms with Gasteiger partial charge < -0.3 is 0 Å². The Hall–Kier alpha value is -2.10. The number of alkyl halides is 3. The molecule has 6 nitrogen and oxygen atoms in total. The summed E-state index contributed by atoms with van der Waals surface area (Å²) in [5.74, 6) is 0.334. The van der Waals surface area contributed by atoms with E-state index in [1.807, 2.05) is 0 Å². The van der Waals surface area contributed by atoms with Crippen LogP contribution in [0.15, 0.2) is 22.8 Å². The predicted molar refractivity (Wildman–Crippen MR) is 81.5 cm³/mol. The average molecular weight is 402 g/mol. The van der Waals surface area contributed by atoms with Gasteiger partial charge >= 0.3 is 6.18 Å². The Morgan fingerprint density at radius 1 is 1.29 bits per heavy atom. The van der Waals surface area contributed by atoms with Crippen LogP contribution in [0.5, 0.6) is 0 Å². The first kappa shape index (κ1) is 16.7. The summed E-state index contributed by atoms with van der Waals surface area (Å²) >= 11 is 3.22. The van der Waals surface area contributed by atoms with Crippen LogP contribution in [-0.2, 0) is 6.18 Å². The third-order valence-electron chi connectivity index (χ3n) is 3.50. The molecule has 3 rings (SSSR count). The summed E-state index contributed by atoms with van der Waals surface area (Å²) in [6.07, 6.45) is -1.12. The third kappa shape index (κ3) is 3.37. The molecular formula is C14H11BrF3N5O. The molecule has 1 aliphatic rings. The van der Waals surface area contributed by atoms with E-state index in [0.29, 0.717) is 10.3 Å². The van der Waals surface area contributed by atoms with E-state index in [0.717, 1.165) is 29.9 Å². The minimum absolute atomic E-state index is 0.00789. The Kier molecular flexibility index (Phi) is 4.24. The lowest BCUT2D eigenvalue weighted by Gasteiger charge is -2.16. The van der Waals surface area contributed by atoms with Crippen LogP contribution in [0.4, 0.5) is 19.0 Å². The lowest BCUT2D eigenvalue weighted by Crippen LogP contribution is -2.29. The predicted octanol–water partition coefficient (Wildman–Crippen LogP) is 3.20. The highest BCUT2D eigenvalue weighted by molar-refractivity contribution is 9.10. The molecule has 0 aliphatic heterocycles. The van der Waals surface area contributed by atoms with Gasteiger partial charge in [0.05, 0.1) is 4.47 Å². The Morgan fingerprint density at radius 2 is 2.00 bits per heavy atom. The van der Waals surface area contributed by atoms with Gasteiger partial charge in [-0.2, -0.15) is 13.2 Å². The summed E-state index contributed by atoms with van der Waals surface area (Å²) in [4.78, 5) is 22.1. The maximum Gasteiger partial charge on any atom is 0.435 e. The molecule has 0 radical (unpaired) electrons. The number of carbonyl (C=O) groups excluding carboxylic acids is 1. The fourth-order valence-corrected chi connectivity index (χ4v) is 2.35. The van der Waals surface area contributed by atoms with Crippen molar-refractivity contribution in [1.29, 1.82) is 0 Å². The second kappa shape index (κ2) is 6.08. The van der Waals surface area contributed by atoms with Crippen LogP contribution in [0.1, 0.15) is 40.8 Å². The Labute approximate surface area is 143 Å². The first-order valence-electron chi connectivity index (χ1n) is 6.99. The summed E-state index contributed by atoms with van der Waals surface area (Å²) in [6.45, 7) is 0. The molecule has 1 aliphatic carbocycles. The quantitative estimate of drug-likeness (QED) is 0.789. The maximum absolute atomic E-state index is 12.6. The first-order chi connectivity index (χ1) is 11.3. The average Bonchev–Trinajstić information content (AvgIpc) is 3.38. The molecule has 1 saturated carbocycles. The zero-order valence-corrected chi connectivity index (χ0v) is 14.0. The van der Waals surface area contributed by atoms with Crippen molar-refractivity contribution >= 4 is 27.7 Å². The second-order valence-corrected chi connectivity index (χ2v) is 6.19. The van der Waals surface area contributed by atoms with E-state index in [1.54, 1.807) is 0 Å². The molecule has 1 amide bonds. The van der Waals surface area contributed by atoms with E-state index in [9.17, 15) is 18.0 Å². The van der Waals surface area contributed by atoms with E-state index < -0.39 is 17.8 Å². The standard InChI is InChI=1S/C14H11BrF3N5O/c1-23(10-5-4-9(21-22-10)14(16,17)18)13(24)11-8(15)6-19-12(20-11)7-2-3-7/h4-7H,2-3H2,1H3. The van der Waals surface area contributed by atoms with Crippen LogP contribution in [0, 0.1) is 0 Å². The Bertz CT molecular complexity index is 777. The van der Waals surface area contributed by atoms with Crippen molar-refractivity contribution in [3.05, 3.63) is 40.0 Å². The molecule has 0 bridgehead atoms. The fourth-order valence-electron chi connectivity index (χ4n) is 1.99. The molecule has 0 unspecified atom stereocenters. The van der Waals surface area contributed by atoms with Crippen molar-refractivity contribution < 1.29 is 18.0 Å². The van der Waals surface area contributed by atoms with E-state index in [-0.39, 0.29) is 17.4 Å². The van der Waals surface area contributed by atoms with Crippen molar-refractivity contribution in [1.82, 2.24) is 20.2 Å². The highest BCUT2D eigenvalue weighted by Crippen LogP contribution is 2.38. The molecule has 0 N–H and O–H groups in total. The zero-order valence-electron chi connectivity index (χ0n) is 12.4. The van der Waals surface area contributed by atoms with Gasteiger partial charge in [-0.25, -0.2) is 9.97 Å². The third-order valence-corrected chi connectivity index (χ3v) is 4.08. The molecule has 1 fully saturated rings. The van der Waals surface area contributed by atoms with Crippen molar-refractivity contribution in [2.45, 2.75) is 24.9 Å². The first-order valence-corrected chi connectivity index (χ1v) is 7.78. The molecule has 0 atom stereocenters. The summed E-state index contributed by atoms with van der Waals surface area (Å²) in [6, 6.07) is 1.86. The van der Waals surface area contributed by atoms with Crippen LogP contribution in [0.3, 0.4) is 0 Å². The highest BCUT2D eigenvalue weighted by Gasteiger charge is 2.33. The van der Waals surface area contributed by atoms with Gasteiger partial charge in [-0.05, 0) is 40.9 Å². The van der Waals surface area contributed by atoms with Crippen LogP contribution < -0.4 is 4.90 Å². The van der Waals surface area contributed by atoms with Crippen LogP contribution >= 0.6 is 15.9 Å². The van der Waals surface area contributed by atoms with E-state index in [4.69, 9.17) is 0 Å². The minimum Gasteiger partial charge on any atom is -0.293 e. The second-order valence-electron chi connectivity index (χ2n) is 5.34. The maximum atomic E-state index is 12.6. The number of halogens is 4. The number of amides is 1. The summed E-state index contributed by atoms with van der Waals surface area (Å²) in [5.41, 5.74) is -0.984. The summed E-state index contributed by atoms with van der Waals surface area (Å²) in [5, 5.41) is 6.58. The normalized spacial score (nSPS) is 14.5. The topological polar surface area (TPSA) is 71.9 Å². The van der Waals surface area contributed by atoms with Crippen molar-refractivity contribution in [2.24, 2.45) is 0 Å². The fraction of sp³-hybridized carbons (Fsp3) is 0.357. The number of rotatable bonds is 3. The van der Waals surface area contributed by atoms with Crippen LogP contribution in [-0.4, -0.2) is 33.1 Å². The van der Waals surface area contributed by atoms with Gasteiger partial charge in [0.1, 0.15) is 11.5 Å². The van der Waals surface area contributed by atoms with Crippen molar-refractivity contribution in [3.8, 4) is 0 Å². The molecule has 2 heterocycles. The Morgan fingerprint density at radius 3 is 2.54 bits per heavy atom. The molecule has 126 valence electrons.